The Morgan fingerprint density at radius 1 is 1.07 bits per heavy atom. The predicted octanol–water partition coefficient (Wildman–Crippen LogP) is 3.94. The number of amides is 1. The lowest BCUT2D eigenvalue weighted by Crippen LogP contribution is -2.27. The molecule has 0 saturated carbocycles. The molecule has 0 saturated heterocycles. The Balaban J connectivity index is 1.90. The summed E-state index contributed by atoms with van der Waals surface area (Å²) < 4.78 is 10.7. The van der Waals surface area contributed by atoms with Crippen LogP contribution in [0.15, 0.2) is 47.6 Å². The number of aryl methyl sites for hydroxylation is 1. The number of rotatable bonds is 8. The molecule has 2 aromatic carbocycles. The van der Waals surface area contributed by atoms with Crippen LogP contribution in [0.5, 0.6) is 11.5 Å². The quantitative estimate of drug-likeness (QED) is 0.712. The van der Waals surface area contributed by atoms with E-state index < -0.39 is 5.97 Å². The monoisotopic (exact) mass is 410 g/mol. The Kier molecular flexibility index (Phi) is 6.72. The van der Waals surface area contributed by atoms with E-state index in [0.717, 1.165) is 22.4 Å². The molecule has 3 rings (SSSR count). The summed E-state index contributed by atoms with van der Waals surface area (Å²) >= 11 is 0. The molecule has 0 bridgehead atoms. The van der Waals surface area contributed by atoms with Gasteiger partial charge in [-0.25, -0.2) is 5.01 Å². The molecule has 1 aliphatic heterocycles. The first-order valence-corrected chi connectivity index (χ1v) is 9.83. The van der Waals surface area contributed by atoms with Crippen LogP contribution >= 0.6 is 0 Å². The van der Waals surface area contributed by atoms with E-state index in [1.54, 1.807) is 14.2 Å². The Morgan fingerprint density at radius 3 is 2.40 bits per heavy atom. The lowest BCUT2D eigenvalue weighted by atomic mass is 9.97. The number of carboxylic acids is 1. The SMILES string of the molecule is COc1ccc(C2=NN(C(=O)CCCC(=O)O)[C@H](c3ccc(C)cc3)C2)cc1OC. The second-order valence-corrected chi connectivity index (χ2v) is 7.23. The number of benzene rings is 2. The molecular weight excluding hydrogens is 384 g/mol. The molecule has 0 spiro atoms. The van der Waals surface area contributed by atoms with Crippen molar-refractivity contribution >= 4 is 17.6 Å². The van der Waals surface area contributed by atoms with E-state index in [0.29, 0.717) is 17.9 Å². The summed E-state index contributed by atoms with van der Waals surface area (Å²) in [6, 6.07) is 13.4. The molecule has 1 amide bonds. The molecule has 0 radical (unpaired) electrons. The Hall–Kier alpha value is -3.35. The standard InChI is InChI=1S/C23H26N2O5/c1-15-7-9-16(10-8-15)19-14-18(17-11-12-20(29-2)21(13-17)30-3)24-25(19)22(26)5-4-6-23(27)28/h7-13,19H,4-6,14H2,1-3H3,(H,27,28)/t19-/m0/s1. The average molecular weight is 410 g/mol. The van der Waals surface area contributed by atoms with Crippen LogP contribution in [0.1, 0.15) is 48.4 Å². The van der Waals surface area contributed by atoms with E-state index in [9.17, 15) is 9.59 Å². The maximum atomic E-state index is 12.9. The van der Waals surface area contributed by atoms with E-state index in [1.807, 2.05) is 49.4 Å². The molecule has 30 heavy (non-hydrogen) atoms. The Bertz CT molecular complexity index is 953. The summed E-state index contributed by atoms with van der Waals surface area (Å²) in [5.41, 5.74) is 3.75. The van der Waals surface area contributed by atoms with Crippen LogP contribution < -0.4 is 9.47 Å². The molecule has 0 fully saturated rings. The summed E-state index contributed by atoms with van der Waals surface area (Å²) in [4.78, 5) is 23.7. The summed E-state index contributed by atoms with van der Waals surface area (Å²) in [6.45, 7) is 2.01. The van der Waals surface area contributed by atoms with E-state index in [2.05, 4.69) is 5.10 Å². The highest BCUT2D eigenvalue weighted by atomic mass is 16.5. The fraction of sp³-hybridized carbons (Fsp3) is 0.348. The fourth-order valence-corrected chi connectivity index (χ4v) is 3.48. The van der Waals surface area contributed by atoms with E-state index >= 15 is 0 Å². The largest absolute Gasteiger partial charge is 0.493 e. The van der Waals surface area contributed by atoms with Gasteiger partial charge in [0.15, 0.2) is 11.5 Å². The maximum Gasteiger partial charge on any atom is 0.303 e. The van der Waals surface area contributed by atoms with E-state index in [1.165, 1.54) is 5.01 Å². The minimum Gasteiger partial charge on any atom is -0.493 e. The number of hydrogen-bond acceptors (Lipinski definition) is 5. The number of hydrazone groups is 1. The van der Waals surface area contributed by atoms with Crippen LogP contribution in [0, 0.1) is 6.92 Å². The van der Waals surface area contributed by atoms with Crippen molar-refractivity contribution in [2.75, 3.05) is 14.2 Å². The highest BCUT2D eigenvalue weighted by Gasteiger charge is 2.33. The normalized spacial score (nSPS) is 15.6. The van der Waals surface area contributed by atoms with Crippen LogP contribution in [-0.4, -0.2) is 41.9 Å². The molecule has 7 heteroatoms. The van der Waals surface area contributed by atoms with Crippen LogP contribution in [-0.2, 0) is 9.59 Å². The zero-order valence-electron chi connectivity index (χ0n) is 17.4. The van der Waals surface area contributed by atoms with E-state index in [-0.39, 0.29) is 31.2 Å². The maximum absolute atomic E-state index is 12.9. The second kappa shape index (κ2) is 9.43. The minimum atomic E-state index is -0.908. The smallest absolute Gasteiger partial charge is 0.303 e. The van der Waals surface area contributed by atoms with Gasteiger partial charge in [-0.15, -0.1) is 0 Å². The van der Waals surface area contributed by atoms with Crippen LogP contribution in [0.2, 0.25) is 0 Å². The van der Waals surface area contributed by atoms with Gasteiger partial charge in [-0.2, -0.15) is 5.10 Å². The average Bonchev–Trinajstić information content (AvgIpc) is 3.19. The topological polar surface area (TPSA) is 88.4 Å². The zero-order chi connectivity index (χ0) is 21.7. The van der Waals surface area contributed by atoms with Crippen molar-refractivity contribution in [3.63, 3.8) is 0 Å². The number of carbonyl (C=O) groups excluding carboxylic acids is 1. The lowest BCUT2D eigenvalue weighted by Gasteiger charge is -2.22. The molecule has 7 nitrogen and oxygen atoms in total. The number of aliphatic carboxylic acids is 1. The summed E-state index contributed by atoms with van der Waals surface area (Å²) in [7, 11) is 3.15. The number of carboxylic acid groups (broad SMARTS) is 1. The molecule has 1 heterocycles. The van der Waals surface area contributed by atoms with E-state index in [4.69, 9.17) is 14.6 Å². The second-order valence-electron chi connectivity index (χ2n) is 7.23. The number of methoxy groups -OCH3 is 2. The Morgan fingerprint density at radius 2 is 1.77 bits per heavy atom. The summed E-state index contributed by atoms with van der Waals surface area (Å²) in [6.07, 6.45) is 0.939. The van der Waals surface area contributed by atoms with Crippen molar-refractivity contribution in [1.82, 2.24) is 5.01 Å². The lowest BCUT2D eigenvalue weighted by molar-refractivity contribution is -0.137. The first-order valence-electron chi connectivity index (χ1n) is 9.83. The minimum absolute atomic E-state index is 0.0406. The Labute approximate surface area is 175 Å². The highest BCUT2D eigenvalue weighted by Crippen LogP contribution is 2.36. The molecule has 1 atom stereocenters. The van der Waals surface area contributed by atoms with Crippen molar-refractivity contribution < 1.29 is 24.2 Å². The fourth-order valence-electron chi connectivity index (χ4n) is 3.48. The molecule has 158 valence electrons. The van der Waals surface area contributed by atoms with Gasteiger partial charge < -0.3 is 14.6 Å². The highest BCUT2D eigenvalue weighted by molar-refractivity contribution is 6.03. The number of ether oxygens (including phenoxy) is 2. The van der Waals surface area contributed by atoms with Crippen molar-refractivity contribution in [1.29, 1.82) is 0 Å². The summed E-state index contributed by atoms with van der Waals surface area (Å²) in [5, 5.41) is 15.0. The zero-order valence-corrected chi connectivity index (χ0v) is 17.4. The molecule has 1 aliphatic rings. The predicted molar refractivity (Wildman–Crippen MR) is 113 cm³/mol. The van der Waals surface area contributed by atoms with Crippen LogP contribution in [0.3, 0.4) is 0 Å². The third kappa shape index (κ3) is 4.79. The van der Waals surface area contributed by atoms with Crippen molar-refractivity contribution in [2.45, 2.75) is 38.6 Å². The number of nitrogens with zero attached hydrogens (tertiary/aromatic N) is 2. The number of carbonyl (C=O) groups is 2. The summed E-state index contributed by atoms with van der Waals surface area (Å²) in [5.74, 6) is 0.124. The van der Waals surface area contributed by atoms with Gasteiger partial charge in [0.05, 0.1) is 26.0 Å². The van der Waals surface area contributed by atoms with Gasteiger partial charge in [0.1, 0.15) is 0 Å². The third-order valence-corrected chi connectivity index (χ3v) is 5.13. The van der Waals surface area contributed by atoms with Crippen molar-refractivity contribution in [2.24, 2.45) is 5.10 Å². The van der Waals surface area contributed by atoms with Gasteiger partial charge in [0.2, 0.25) is 5.91 Å². The van der Waals surface area contributed by atoms with Gasteiger partial charge in [-0.3, -0.25) is 9.59 Å². The molecule has 0 unspecified atom stereocenters. The number of hydrogen-bond donors (Lipinski definition) is 1. The van der Waals surface area contributed by atoms with Crippen molar-refractivity contribution in [3.05, 3.63) is 59.2 Å². The van der Waals surface area contributed by atoms with Crippen LogP contribution in [0.4, 0.5) is 0 Å². The third-order valence-electron chi connectivity index (χ3n) is 5.13. The molecule has 0 aromatic heterocycles. The molecule has 1 N–H and O–H groups in total. The first kappa shape index (κ1) is 21.4. The first-order chi connectivity index (χ1) is 14.4. The van der Waals surface area contributed by atoms with Gasteiger partial charge in [0.25, 0.3) is 0 Å². The van der Waals surface area contributed by atoms with Gasteiger partial charge in [0, 0.05) is 24.8 Å². The van der Waals surface area contributed by atoms with Gasteiger partial charge in [-0.1, -0.05) is 29.8 Å². The molecule has 2 aromatic rings. The molecular formula is C23H26N2O5. The van der Waals surface area contributed by atoms with Gasteiger partial charge in [-0.05, 0) is 37.1 Å². The van der Waals surface area contributed by atoms with Crippen molar-refractivity contribution in [3.8, 4) is 11.5 Å². The van der Waals surface area contributed by atoms with Gasteiger partial charge >= 0.3 is 5.97 Å². The molecule has 0 aliphatic carbocycles. The van der Waals surface area contributed by atoms with Crippen LogP contribution in [0.25, 0.3) is 0 Å².